The summed E-state index contributed by atoms with van der Waals surface area (Å²) in [4.78, 5) is 2.75. The number of nitrogens with zero attached hydrogens (tertiary/aromatic N) is 1. The van der Waals surface area contributed by atoms with Crippen molar-refractivity contribution in [1.82, 2.24) is 10.2 Å². The Morgan fingerprint density at radius 1 is 1.28 bits per heavy atom. The molecule has 1 saturated heterocycles. The van der Waals surface area contributed by atoms with E-state index in [0.29, 0.717) is 17.5 Å². The lowest BCUT2D eigenvalue weighted by molar-refractivity contribution is 0.0573. The summed E-state index contributed by atoms with van der Waals surface area (Å²) < 4.78 is 0. The van der Waals surface area contributed by atoms with Crippen LogP contribution in [0, 0.1) is 11.3 Å². The molecule has 1 heterocycles. The van der Waals surface area contributed by atoms with Gasteiger partial charge in [0.25, 0.3) is 0 Å². The van der Waals surface area contributed by atoms with E-state index in [-0.39, 0.29) is 0 Å². The Bertz CT molecular complexity index is 235. The van der Waals surface area contributed by atoms with Crippen LogP contribution in [-0.4, -0.2) is 36.6 Å². The van der Waals surface area contributed by atoms with Gasteiger partial charge in [-0.1, -0.05) is 48.0 Å². The second-order valence-corrected chi connectivity index (χ2v) is 7.15. The van der Waals surface area contributed by atoms with Crippen LogP contribution in [0.4, 0.5) is 0 Å². The lowest BCUT2D eigenvalue weighted by Crippen LogP contribution is -2.59. The Kier molecular flexibility index (Phi) is 6.13. The SMILES string of the molecule is CCCC1CN(CC(C)(C)CC)C(C(C)C)CN1. The summed E-state index contributed by atoms with van der Waals surface area (Å²) in [6.07, 6.45) is 3.86. The van der Waals surface area contributed by atoms with Gasteiger partial charge < -0.3 is 5.32 Å². The van der Waals surface area contributed by atoms with Gasteiger partial charge in [0.15, 0.2) is 0 Å². The zero-order valence-corrected chi connectivity index (χ0v) is 13.4. The van der Waals surface area contributed by atoms with Gasteiger partial charge in [0, 0.05) is 31.7 Å². The molecule has 0 radical (unpaired) electrons. The van der Waals surface area contributed by atoms with E-state index in [0.717, 1.165) is 5.92 Å². The van der Waals surface area contributed by atoms with E-state index in [9.17, 15) is 0 Å². The van der Waals surface area contributed by atoms with Crippen molar-refractivity contribution in [2.24, 2.45) is 11.3 Å². The van der Waals surface area contributed by atoms with Crippen molar-refractivity contribution in [3.05, 3.63) is 0 Å². The van der Waals surface area contributed by atoms with E-state index >= 15 is 0 Å². The molecule has 1 N–H and O–H groups in total. The van der Waals surface area contributed by atoms with Gasteiger partial charge >= 0.3 is 0 Å². The van der Waals surface area contributed by atoms with E-state index in [1.807, 2.05) is 0 Å². The molecular formula is C16H34N2. The molecule has 2 heteroatoms. The number of piperazine rings is 1. The molecular weight excluding hydrogens is 220 g/mol. The zero-order valence-electron chi connectivity index (χ0n) is 13.4. The third-order valence-corrected chi connectivity index (χ3v) is 4.53. The van der Waals surface area contributed by atoms with Crippen LogP contribution in [0.25, 0.3) is 0 Å². The van der Waals surface area contributed by atoms with E-state index in [4.69, 9.17) is 0 Å². The van der Waals surface area contributed by atoms with Gasteiger partial charge in [0.2, 0.25) is 0 Å². The number of rotatable bonds is 6. The Hall–Kier alpha value is -0.0800. The van der Waals surface area contributed by atoms with Gasteiger partial charge in [-0.25, -0.2) is 0 Å². The number of nitrogens with one attached hydrogen (secondary N) is 1. The maximum Gasteiger partial charge on any atom is 0.0244 e. The van der Waals surface area contributed by atoms with E-state index < -0.39 is 0 Å². The Morgan fingerprint density at radius 2 is 1.94 bits per heavy atom. The summed E-state index contributed by atoms with van der Waals surface area (Å²) in [6.45, 7) is 17.8. The minimum atomic E-state index is 0.446. The van der Waals surface area contributed by atoms with Crippen molar-refractivity contribution in [2.75, 3.05) is 19.6 Å². The van der Waals surface area contributed by atoms with Crippen molar-refractivity contribution < 1.29 is 0 Å². The van der Waals surface area contributed by atoms with Crippen LogP contribution in [0.2, 0.25) is 0 Å². The summed E-state index contributed by atoms with van der Waals surface area (Å²) in [5, 5.41) is 3.74. The predicted molar refractivity (Wildman–Crippen MR) is 81.0 cm³/mol. The standard InChI is InChI=1S/C16H34N2/c1-7-9-14-11-18(12-16(5,6)8-2)15(10-17-14)13(3)4/h13-15,17H,7-12H2,1-6H3. The highest BCUT2D eigenvalue weighted by atomic mass is 15.2. The highest BCUT2D eigenvalue weighted by Gasteiger charge is 2.32. The van der Waals surface area contributed by atoms with Gasteiger partial charge in [0.1, 0.15) is 0 Å². The molecule has 1 rings (SSSR count). The fraction of sp³-hybridized carbons (Fsp3) is 1.00. The highest BCUT2D eigenvalue weighted by Crippen LogP contribution is 2.26. The van der Waals surface area contributed by atoms with E-state index in [1.165, 1.54) is 38.9 Å². The third kappa shape index (κ3) is 4.55. The van der Waals surface area contributed by atoms with Crippen LogP contribution >= 0.6 is 0 Å². The quantitative estimate of drug-likeness (QED) is 0.780. The lowest BCUT2D eigenvalue weighted by Gasteiger charge is -2.45. The average Bonchev–Trinajstić information content (AvgIpc) is 2.29. The van der Waals surface area contributed by atoms with Gasteiger partial charge in [-0.15, -0.1) is 0 Å². The van der Waals surface area contributed by atoms with Gasteiger partial charge in [-0.3, -0.25) is 4.90 Å². The molecule has 0 aromatic heterocycles. The Balaban J connectivity index is 2.66. The molecule has 18 heavy (non-hydrogen) atoms. The molecule has 2 nitrogen and oxygen atoms in total. The van der Waals surface area contributed by atoms with Gasteiger partial charge in [-0.05, 0) is 24.2 Å². The van der Waals surface area contributed by atoms with Crippen LogP contribution in [0.1, 0.15) is 60.8 Å². The minimum Gasteiger partial charge on any atom is -0.311 e. The summed E-state index contributed by atoms with van der Waals surface area (Å²) in [6, 6.07) is 1.42. The third-order valence-electron chi connectivity index (χ3n) is 4.53. The van der Waals surface area contributed by atoms with Crippen LogP contribution < -0.4 is 5.32 Å². The van der Waals surface area contributed by atoms with Gasteiger partial charge in [0.05, 0.1) is 0 Å². The monoisotopic (exact) mass is 254 g/mol. The molecule has 0 spiro atoms. The summed E-state index contributed by atoms with van der Waals surface area (Å²) in [5.74, 6) is 0.743. The molecule has 108 valence electrons. The normalized spacial score (nSPS) is 26.8. The minimum absolute atomic E-state index is 0.446. The topological polar surface area (TPSA) is 15.3 Å². The molecule has 2 atom stereocenters. The smallest absolute Gasteiger partial charge is 0.0244 e. The van der Waals surface area contributed by atoms with Crippen molar-refractivity contribution in [3.8, 4) is 0 Å². The second kappa shape index (κ2) is 6.91. The summed E-state index contributed by atoms with van der Waals surface area (Å²) >= 11 is 0. The van der Waals surface area contributed by atoms with Crippen molar-refractivity contribution in [3.63, 3.8) is 0 Å². The average molecular weight is 254 g/mol. The van der Waals surface area contributed by atoms with Crippen LogP contribution in [0.15, 0.2) is 0 Å². The van der Waals surface area contributed by atoms with E-state index in [1.54, 1.807) is 0 Å². The molecule has 1 aliphatic heterocycles. The Labute approximate surface area is 115 Å². The molecule has 0 aliphatic carbocycles. The zero-order chi connectivity index (χ0) is 13.8. The maximum atomic E-state index is 3.74. The number of hydrogen-bond donors (Lipinski definition) is 1. The highest BCUT2D eigenvalue weighted by molar-refractivity contribution is 4.89. The first-order valence-electron chi connectivity index (χ1n) is 7.87. The summed E-state index contributed by atoms with van der Waals surface area (Å²) in [7, 11) is 0. The maximum absolute atomic E-state index is 3.74. The predicted octanol–water partition coefficient (Wildman–Crippen LogP) is 3.52. The Morgan fingerprint density at radius 3 is 2.44 bits per heavy atom. The number of hydrogen-bond acceptors (Lipinski definition) is 2. The lowest BCUT2D eigenvalue weighted by atomic mass is 9.87. The molecule has 0 aromatic rings. The van der Waals surface area contributed by atoms with Crippen molar-refractivity contribution >= 4 is 0 Å². The molecule has 0 aromatic carbocycles. The molecule has 0 saturated carbocycles. The molecule has 0 bridgehead atoms. The van der Waals surface area contributed by atoms with Crippen molar-refractivity contribution in [2.45, 2.75) is 72.9 Å². The molecule has 2 unspecified atom stereocenters. The summed E-state index contributed by atoms with van der Waals surface area (Å²) in [5.41, 5.74) is 0.446. The van der Waals surface area contributed by atoms with Crippen molar-refractivity contribution in [1.29, 1.82) is 0 Å². The molecule has 1 aliphatic rings. The first-order valence-corrected chi connectivity index (χ1v) is 7.87. The van der Waals surface area contributed by atoms with Crippen LogP contribution in [-0.2, 0) is 0 Å². The molecule has 0 amide bonds. The first-order chi connectivity index (χ1) is 8.39. The fourth-order valence-corrected chi connectivity index (χ4v) is 2.94. The fourth-order valence-electron chi connectivity index (χ4n) is 2.94. The molecule has 1 fully saturated rings. The largest absolute Gasteiger partial charge is 0.311 e. The van der Waals surface area contributed by atoms with Gasteiger partial charge in [-0.2, -0.15) is 0 Å². The van der Waals surface area contributed by atoms with E-state index in [2.05, 4.69) is 51.8 Å². The second-order valence-electron chi connectivity index (χ2n) is 7.15. The first kappa shape index (κ1) is 16.0. The van der Waals surface area contributed by atoms with Crippen LogP contribution in [0.3, 0.4) is 0 Å². The van der Waals surface area contributed by atoms with Crippen LogP contribution in [0.5, 0.6) is 0 Å².